The minimum absolute atomic E-state index is 0.496. The molecule has 0 bridgehead atoms. The van der Waals surface area contributed by atoms with Crippen LogP contribution < -0.4 is 10.6 Å². The lowest BCUT2D eigenvalue weighted by Crippen LogP contribution is -2.41. The number of thiophene rings is 1. The molecule has 0 spiro atoms. The molecule has 0 radical (unpaired) electrons. The lowest BCUT2D eigenvalue weighted by Gasteiger charge is -2.34. The second kappa shape index (κ2) is 5.30. The second-order valence-corrected chi connectivity index (χ2v) is 6.19. The van der Waals surface area contributed by atoms with Crippen LogP contribution in [0, 0.1) is 12.3 Å². The van der Waals surface area contributed by atoms with Gasteiger partial charge in [-0.3, -0.25) is 0 Å². The highest BCUT2D eigenvalue weighted by Gasteiger charge is 2.25. The van der Waals surface area contributed by atoms with Crippen LogP contribution in [-0.2, 0) is 6.54 Å². The summed E-state index contributed by atoms with van der Waals surface area (Å²) in [5.74, 6) is 0. The van der Waals surface area contributed by atoms with Gasteiger partial charge >= 0.3 is 0 Å². The van der Waals surface area contributed by atoms with E-state index in [1.54, 1.807) is 0 Å². The summed E-state index contributed by atoms with van der Waals surface area (Å²) in [6.45, 7) is 9.13. The van der Waals surface area contributed by atoms with Gasteiger partial charge in [0.25, 0.3) is 0 Å². The average molecular weight is 238 g/mol. The van der Waals surface area contributed by atoms with E-state index in [0.29, 0.717) is 5.41 Å². The van der Waals surface area contributed by atoms with Gasteiger partial charge < -0.3 is 10.6 Å². The lowest BCUT2D eigenvalue weighted by atomic mass is 9.81. The van der Waals surface area contributed by atoms with Crippen molar-refractivity contribution in [2.45, 2.75) is 33.2 Å². The summed E-state index contributed by atoms with van der Waals surface area (Å²) in [7, 11) is 0. The highest BCUT2D eigenvalue weighted by molar-refractivity contribution is 7.10. The van der Waals surface area contributed by atoms with Gasteiger partial charge in [-0.25, -0.2) is 0 Å². The van der Waals surface area contributed by atoms with Crippen molar-refractivity contribution in [3.8, 4) is 0 Å². The molecule has 1 fully saturated rings. The Morgan fingerprint density at radius 1 is 1.44 bits per heavy atom. The molecule has 0 aromatic carbocycles. The maximum absolute atomic E-state index is 3.62. The Bertz CT molecular complexity index is 326. The number of rotatable bonds is 4. The molecule has 3 heteroatoms. The molecule has 1 aliphatic rings. The minimum atomic E-state index is 0.496. The fraction of sp³-hybridized carbons (Fsp3) is 0.692. The van der Waals surface area contributed by atoms with E-state index in [4.69, 9.17) is 0 Å². The summed E-state index contributed by atoms with van der Waals surface area (Å²) in [4.78, 5) is 1.48. The van der Waals surface area contributed by atoms with Crippen molar-refractivity contribution in [3.63, 3.8) is 0 Å². The van der Waals surface area contributed by atoms with Gasteiger partial charge in [0.1, 0.15) is 0 Å². The van der Waals surface area contributed by atoms with Gasteiger partial charge in [-0.2, -0.15) is 0 Å². The van der Waals surface area contributed by atoms with Crippen LogP contribution in [0.25, 0.3) is 0 Å². The third kappa shape index (κ3) is 3.06. The summed E-state index contributed by atoms with van der Waals surface area (Å²) in [5.41, 5.74) is 1.92. The van der Waals surface area contributed by atoms with E-state index in [1.807, 2.05) is 11.3 Å². The molecule has 2 rings (SSSR count). The maximum atomic E-state index is 3.62. The predicted octanol–water partition coefficient (Wildman–Crippen LogP) is 2.54. The molecule has 0 unspecified atom stereocenters. The molecule has 16 heavy (non-hydrogen) atoms. The van der Waals surface area contributed by atoms with Gasteiger partial charge in [0.05, 0.1) is 0 Å². The van der Waals surface area contributed by atoms with Crippen LogP contribution >= 0.6 is 11.3 Å². The van der Waals surface area contributed by atoms with E-state index in [0.717, 1.165) is 13.1 Å². The molecule has 2 heterocycles. The van der Waals surface area contributed by atoms with Crippen LogP contribution in [0.15, 0.2) is 11.4 Å². The van der Waals surface area contributed by atoms with E-state index in [-0.39, 0.29) is 0 Å². The lowest BCUT2D eigenvalue weighted by molar-refractivity contribution is 0.220. The first kappa shape index (κ1) is 12.1. The summed E-state index contributed by atoms with van der Waals surface area (Å²) >= 11 is 1.86. The normalized spacial score (nSPS) is 19.9. The Labute approximate surface area is 102 Å². The number of hydrogen-bond donors (Lipinski definition) is 2. The quantitative estimate of drug-likeness (QED) is 0.842. The van der Waals surface area contributed by atoms with Crippen molar-refractivity contribution >= 4 is 11.3 Å². The molecule has 1 aliphatic heterocycles. The zero-order valence-corrected chi connectivity index (χ0v) is 11.1. The van der Waals surface area contributed by atoms with Crippen molar-refractivity contribution in [2.75, 3.05) is 19.6 Å². The molecule has 90 valence electrons. The molecule has 0 saturated carbocycles. The standard InChI is InChI=1S/C13H22N2S/c1-11-3-8-16-12(11)9-15-10-13(2)4-6-14-7-5-13/h3,8,14-15H,4-7,9-10H2,1-2H3. The van der Waals surface area contributed by atoms with Gasteiger partial charge in [-0.05, 0) is 55.3 Å². The SMILES string of the molecule is Cc1ccsc1CNCC1(C)CCNCC1. The van der Waals surface area contributed by atoms with Crippen molar-refractivity contribution in [2.24, 2.45) is 5.41 Å². The van der Waals surface area contributed by atoms with Crippen molar-refractivity contribution in [1.29, 1.82) is 0 Å². The Morgan fingerprint density at radius 2 is 2.19 bits per heavy atom. The number of hydrogen-bond acceptors (Lipinski definition) is 3. The Hall–Kier alpha value is -0.380. The molecular weight excluding hydrogens is 216 g/mol. The third-order valence-corrected chi connectivity index (χ3v) is 4.64. The Kier molecular flexibility index (Phi) is 4.00. The Morgan fingerprint density at radius 3 is 2.81 bits per heavy atom. The first-order valence-corrected chi connectivity index (χ1v) is 7.02. The molecule has 1 saturated heterocycles. The highest BCUT2D eigenvalue weighted by atomic mass is 32.1. The van der Waals surface area contributed by atoms with Crippen molar-refractivity contribution < 1.29 is 0 Å². The van der Waals surface area contributed by atoms with Crippen molar-refractivity contribution in [1.82, 2.24) is 10.6 Å². The van der Waals surface area contributed by atoms with E-state index in [2.05, 4.69) is 35.9 Å². The molecule has 2 nitrogen and oxygen atoms in total. The highest BCUT2D eigenvalue weighted by Crippen LogP contribution is 2.27. The minimum Gasteiger partial charge on any atom is -0.317 e. The fourth-order valence-corrected chi connectivity index (χ4v) is 3.15. The zero-order valence-electron chi connectivity index (χ0n) is 10.3. The Balaban J connectivity index is 1.77. The van der Waals surface area contributed by atoms with E-state index < -0.39 is 0 Å². The smallest absolute Gasteiger partial charge is 0.0302 e. The van der Waals surface area contributed by atoms with E-state index in [9.17, 15) is 0 Å². The predicted molar refractivity (Wildman–Crippen MR) is 71.0 cm³/mol. The summed E-state index contributed by atoms with van der Waals surface area (Å²) in [6, 6.07) is 2.20. The molecular formula is C13H22N2S. The largest absolute Gasteiger partial charge is 0.317 e. The topological polar surface area (TPSA) is 24.1 Å². The van der Waals surface area contributed by atoms with Gasteiger partial charge in [0.15, 0.2) is 0 Å². The molecule has 0 amide bonds. The van der Waals surface area contributed by atoms with Crippen LogP contribution in [0.2, 0.25) is 0 Å². The number of nitrogens with one attached hydrogen (secondary N) is 2. The van der Waals surface area contributed by atoms with Crippen LogP contribution in [0.5, 0.6) is 0 Å². The summed E-state index contributed by atoms with van der Waals surface area (Å²) in [5, 5.41) is 9.23. The molecule has 1 aromatic rings. The van der Waals surface area contributed by atoms with Crippen LogP contribution in [0.4, 0.5) is 0 Å². The zero-order chi connectivity index (χ0) is 11.4. The molecule has 1 aromatic heterocycles. The third-order valence-electron chi connectivity index (χ3n) is 3.62. The average Bonchev–Trinajstić information content (AvgIpc) is 2.65. The number of aryl methyl sites for hydroxylation is 1. The van der Waals surface area contributed by atoms with Crippen LogP contribution in [-0.4, -0.2) is 19.6 Å². The summed E-state index contributed by atoms with van der Waals surface area (Å²) in [6.07, 6.45) is 2.59. The van der Waals surface area contributed by atoms with Gasteiger partial charge in [-0.15, -0.1) is 11.3 Å². The molecule has 2 N–H and O–H groups in total. The maximum Gasteiger partial charge on any atom is 0.0302 e. The van der Waals surface area contributed by atoms with Gasteiger partial charge in [-0.1, -0.05) is 6.92 Å². The first-order chi connectivity index (χ1) is 7.70. The van der Waals surface area contributed by atoms with Crippen LogP contribution in [0.3, 0.4) is 0 Å². The monoisotopic (exact) mass is 238 g/mol. The fourth-order valence-electron chi connectivity index (χ4n) is 2.27. The van der Waals surface area contributed by atoms with Gasteiger partial charge in [0.2, 0.25) is 0 Å². The van der Waals surface area contributed by atoms with Gasteiger partial charge in [0, 0.05) is 18.0 Å². The number of piperidine rings is 1. The molecule has 0 aliphatic carbocycles. The van der Waals surface area contributed by atoms with Crippen LogP contribution in [0.1, 0.15) is 30.2 Å². The van der Waals surface area contributed by atoms with E-state index >= 15 is 0 Å². The first-order valence-electron chi connectivity index (χ1n) is 6.14. The molecule has 0 atom stereocenters. The van der Waals surface area contributed by atoms with E-state index in [1.165, 1.54) is 36.4 Å². The van der Waals surface area contributed by atoms with Crippen molar-refractivity contribution in [3.05, 3.63) is 21.9 Å². The summed E-state index contributed by atoms with van der Waals surface area (Å²) < 4.78 is 0. The second-order valence-electron chi connectivity index (χ2n) is 5.19.